The predicted octanol–water partition coefficient (Wildman–Crippen LogP) is -2.15. The third-order valence-electron chi connectivity index (χ3n) is 5.75. The van der Waals surface area contributed by atoms with E-state index in [1.165, 1.54) is 13.4 Å². The number of carbonyl (C=O) groups excluding carboxylic acids is 1. The molecule has 5 N–H and O–H groups in total. The van der Waals surface area contributed by atoms with Gasteiger partial charge in [-0.2, -0.15) is 0 Å². The lowest BCUT2D eigenvalue weighted by Gasteiger charge is -2.43. The first-order chi connectivity index (χ1) is 12.8. The van der Waals surface area contributed by atoms with Crippen molar-refractivity contribution < 1.29 is 49.3 Å². The molecule has 2 fully saturated rings. The van der Waals surface area contributed by atoms with E-state index in [-0.39, 0.29) is 11.8 Å². The van der Waals surface area contributed by atoms with Crippen LogP contribution in [0.1, 0.15) is 13.3 Å². The number of fused-ring (bicyclic) bond motifs is 1. The van der Waals surface area contributed by atoms with E-state index < -0.39 is 61.6 Å². The molecule has 2 aliphatic heterocycles. The van der Waals surface area contributed by atoms with E-state index in [4.69, 9.17) is 18.9 Å². The van der Waals surface area contributed by atoms with E-state index in [2.05, 4.69) is 0 Å². The SMILES string of the molecule is COC(=O)C1=CO[C@@H](O[C@H]2O[C@@H](CO)[C@H](O)[C@@H](O)[C@@H]2O)[C@H]2[C@H](C)[C@@H](O)C[C@H]12. The van der Waals surface area contributed by atoms with E-state index in [1.54, 1.807) is 6.92 Å². The molecule has 0 aromatic rings. The highest BCUT2D eigenvalue weighted by molar-refractivity contribution is 5.89. The molecule has 0 aromatic carbocycles. The third kappa shape index (κ3) is 3.58. The first kappa shape index (κ1) is 20.5. The molecule has 0 bridgehead atoms. The number of hydrogen-bond donors (Lipinski definition) is 5. The number of hydrogen-bond acceptors (Lipinski definition) is 10. The highest BCUT2D eigenvalue weighted by Crippen LogP contribution is 2.47. The highest BCUT2D eigenvalue weighted by atomic mass is 16.8. The van der Waals surface area contributed by atoms with Gasteiger partial charge < -0.3 is 44.5 Å². The Labute approximate surface area is 155 Å². The van der Waals surface area contributed by atoms with Gasteiger partial charge in [-0.3, -0.25) is 0 Å². The smallest absolute Gasteiger partial charge is 0.337 e. The van der Waals surface area contributed by atoms with Gasteiger partial charge in [0.25, 0.3) is 0 Å². The van der Waals surface area contributed by atoms with E-state index in [9.17, 15) is 30.3 Å². The van der Waals surface area contributed by atoms with Crippen molar-refractivity contribution >= 4 is 5.97 Å². The lowest BCUT2D eigenvalue weighted by atomic mass is 9.83. The van der Waals surface area contributed by atoms with E-state index in [1.807, 2.05) is 0 Å². The zero-order valence-corrected chi connectivity index (χ0v) is 15.0. The van der Waals surface area contributed by atoms with Crippen LogP contribution >= 0.6 is 0 Å². The number of methoxy groups -OCH3 is 1. The number of rotatable bonds is 4. The van der Waals surface area contributed by atoms with Crippen LogP contribution in [0.2, 0.25) is 0 Å². The van der Waals surface area contributed by atoms with Crippen LogP contribution in [0.4, 0.5) is 0 Å². The molecule has 1 aliphatic carbocycles. The summed E-state index contributed by atoms with van der Waals surface area (Å²) in [5, 5.41) is 49.4. The Hall–Kier alpha value is -1.27. The molecule has 0 aromatic heterocycles. The maximum Gasteiger partial charge on any atom is 0.337 e. The second-order valence-corrected chi connectivity index (χ2v) is 7.25. The largest absolute Gasteiger partial charge is 0.472 e. The summed E-state index contributed by atoms with van der Waals surface area (Å²) >= 11 is 0. The van der Waals surface area contributed by atoms with Crippen LogP contribution in [0.5, 0.6) is 0 Å². The molecule has 10 heteroatoms. The number of esters is 1. The molecular weight excluding hydrogens is 364 g/mol. The van der Waals surface area contributed by atoms with Crippen molar-refractivity contribution in [2.45, 2.75) is 56.4 Å². The fourth-order valence-corrected chi connectivity index (χ4v) is 4.10. The van der Waals surface area contributed by atoms with Crippen LogP contribution in [0.15, 0.2) is 11.8 Å². The van der Waals surface area contributed by atoms with Gasteiger partial charge in [-0.25, -0.2) is 4.79 Å². The van der Waals surface area contributed by atoms with Gasteiger partial charge in [0.2, 0.25) is 6.29 Å². The quantitative estimate of drug-likeness (QED) is 0.336. The molecule has 1 saturated carbocycles. The first-order valence-corrected chi connectivity index (χ1v) is 8.88. The molecule has 10 atom stereocenters. The van der Waals surface area contributed by atoms with Gasteiger partial charge >= 0.3 is 5.97 Å². The monoisotopic (exact) mass is 390 g/mol. The normalized spacial score (nSPS) is 47.0. The van der Waals surface area contributed by atoms with Crippen molar-refractivity contribution in [1.29, 1.82) is 0 Å². The zero-order valence-electron chi connectivity index (χ0n) is 15.0. The number of carbonyl (C=O) groups is 1. The van der Waals surface area contributed by atoms with Crippen LogP contribution in [-0.4, -0.2) is 88.3 Å². The molecule has 0 spiro atoms. The van der Waals surface area contributed by atoms with Gasteiger partial charge in [0.1, 0.15) is 24.4 Å². The van der Waals surface area contributed by atoms with E-state index >= 15 is 0 Å². The summed E-state index contributed by atoms with van der Waals surface area (Å²) in [6.07, 6.45) is -7.25. The summed E-state index contributed by atoms with van der Waals surface area (Å²) < 4.78 is 21.4. The van der Waals surface area contributed by atoms with E-state index in [0.29, 0.717) is 12.0 Å². The van der Waals surface area contributed by atoms with Crippen LogP contribution in [0.3, 0.4) is 0 Å². The molecule has 0 radical (unpaired) electrons. The zero-order chi connectivity index (χ0) is 19.9. The second-order valence-electron chi connectivity index (χ2n) is 7.25. The minimum atomic E-state index is -1.58. The van der Waals surface area contributed by atoms with Gasteiger partial charge in [-0.15, -0.1) is 0 Å². The molecule has 3 aliphatic rings. The maximum atomic E-state index is 12.0. The minimum absolute atomic E-state index is 0.279. The Bertz CT molecular complexity index is 578. The fourth-order valence-electron chi connectivity index (χ4n) is 4.10. The van der Waals surface area contributed by atoms with Crippen LogP contribution < -0.4 is 0 Å². The van der Waals surface area contributed by atoms with Gasteiger partial charge in [0.15, 0.2) is 6.29 Å². The molecule has 3 rings (SSSR count). The fraction of sp³-hybridized carbons (Fsp3) is 0.824. The molecule has 154 valence electrons. The summed E-state index contributed by atoms with van der Waals surface area (Å²) in [5.41, 5.74) is 0.291. The summed E-state index contributed by atoms with van der Waals surface area (Å²) in [6, 6.07) is 0. The minimum Gasteiger partial charge on any atom is -0.472 e. The Kier molecular flexibility index (Phi) is 6.06. The molecule has 0 unspecified atom stereocenters. The molecule has 2 heterocycles. The second kappa shape index (κ2) is 8.00. The summed E-state index contributed by atoms with van der Waals surface area (Å²) in [5.74, 6) is -1.63. The topological polar surface area (TPSA) is 155 Å². The molecule has 0 amide bonds. The first-order valence-electron chi connectivity index (χ1n) is 8.88. The van der Waals surface area contributed by atoms with Crippen molar-refractivity contribution in [3.05, 3.63) is 11.8 Å². The van der Waals surface area contributed by atoms with E-state index in [0.717, 1.165) is 0 Å². The molecule has 10 nitrogen and oxygen atoms in total. The Morgan fingerprint density at radius 3 is 2.52 bits per heavy atom. The van der Waals surface area contributed by atoms with Crippen molar-refractivity contribution in [3.63, 3.8) is 0 Å². The van der Waals surface area contributed by atoms with Gasteiger partial charge in [-0.1, -0.05) is 6.92 Å². The van der Waals surface area contributed by atoms with Crippen LogP contribution in [-0.2, 0) is 23.7 Å². The number of aliphatic hydroxyl groups is 5. The Balaban J connectivity index is 1.80. The number of ether oxygens (including phenoxy) is 4. The predicted molar refractivity (Wildman–Crippen MR) is 86.6 cm³/mol. The molecular formula is C17H26O10. The lowest BCUT2D eigenvalue weighted by molar-refractivity contribution is -0.342. The maximum absolute atomic E-state index is 12.0. The average Bonchev–Trinajstić information content (AvgIpc) is 2.96. The molecule has 27 heavy (non-hydrogen) atoms. The van der Waals surface area contributed by atoms with Crippen LogP contribution in [0.25, 0.3) is 0 Å². The van der Waals surface area contributed by atoms with Gasteiger partial charge in [0.05, 0.1) is 31.7 Å². The Morgan fingerprint density at radius 2 is 1.89 bits per heavy atom. The summed E-state index contributed by atoms with van der Waals surface area (Å²) in [7, 11) is 1.25. The summed E-state index contributed by atoms with van der Waals surface area (Å²) in [6.45, 7) is 1.21. The standard InChI is InChI=1S/C17H26O10/c1-6-9(19)3-7-8(15(23)24-2)5-25-16(11(6)7)27-17-14(22)13(21)12(20)10(4-18)26-17/h5-7,9-14,16-22H,3-4H2,1-2H3/t6-,7-,9+,10+,11+,12+,13-,14+,16+,17-/m1/s1. The van der Waals surface area contributed by atoms with Gasteiger partial charge in [0, 0.05) is 11.8 Å². The third-order valence-corrected chi connectivity index (χ3v) is 5.75. The van der Waals surface area contributed by atoms with Crippen molar-refractivity contribution in [3.8, 4) is 0 Å². The summed E-state index contributed by atoms with van der Waals surface area (Å²) in [4.78, 5) is 12.0. The van der Waals surface area contributed by atoms with Gasteiger partial charge in [-0.05, 0) is 12.3 Å². The Morgan fingerprint density at radius 1 is 1.19 bits per heavy atom. The van der Waals surface area contributed by atoms with Crippen molar-refractivity contribution in [2.24, 2.45) is 17.8 Å². The number of aliphatic hydroxyl groups excluding tert-OH is 5. The lowest BCUT2D eigenvalue weighted by Crippen LogP contribution is -2.60. The van der Waals surface area contributed by atoms with Crippen molar-refractivity contribution in [1.82, 2.24) is 0 Å². The van der Waals surface area contributed by atoms with Crippen molar-refractivity contribution in [2.75, 3.05) is 13.7 Å². The highest BCUT2D eigenvalue weighted by Gasteiger charge is 2.53. The molecule has 1 saturated heterocycles. The average molecular weight is 390 g/mol. The van der Waals surface area contributed by atoms with Crippen LogP contribution in [0, 0.1) is 17.8 Å².